The zero-order valence-electron chi connectivity index (χ0n) is 10.0. The number of hydrogen-bond acceptors (Lipinski definition) is 3. The number of hydrogen-bond donors (Lipinski definition) is 1. The van der Waals surface area contributed by atoms with Crippen LogP contribution in [0, 0.1) is 10.8 Å². The summed E-state index contributed by atoms with van der Waals surface area (Å²) in [6, 6.07) is 0. The van der Waals surface area contributed by atoms with Crippen molar-refractivity contribution in [1.29, 1.82) is 0 Å². The van der Waals surface area contributed by atoms with Gasteiger partial charge in [0.1, 0.15) is 0 Å². The minimum Gasteiger partial charge on any atom is -0.465 e. The van der Waals surface area contributed by atoms with Gasteiger partial charge in [-0.2, -0.15) is 0 Å². The molecule has 0 bridgehead atoms. The van der Waals surface area contributed by atoms with Crippen molar-refractivity contribution in [2.75, 3.05) is 6.61 Å². The van der Waals surface area contributed by atoms with E-state index in [2.05, 4.69) is 0 Å². The van der Waals surface area contributed by atoms with E-state index in [1.54, 1.807) is 20.8 Å². The molecular weight excluding hydrogens is 180 g/mol. The Morgan fingerprint density at radius 2 is 1.71 bits per heavy atom. The lowest BCUT2D eigenvalue weighted by Gasteiger charge is -2.27. The van der Waals surface area contributed by atoms with Crippen LogP contribution in [0.2, 0.25) is 0 Å². The first-order valence-electron chi connectivity index (χ1n) is 4.92. The summed E-state index contributed by atoms with van der Waals surface area (Å²) in [4.78, 5) is 11.6. The van der Waals surface area contributed by atoms with E-state index in [-0.39, 0.29) is 11.4 Å². The standard InChI is InChI=1S/C11H22O3/c1-8(12)11(5,6)9(13)14-7-10(2,3)4/h8,12H,7H2,1-6H3. The molecule has 0 saturated heterocycles. The van der Waals surface area contributed by atoms with Crippen LogP contribution in [-0.2, 0) is 9.53 Å². The average molecular weight is 202 g/mol. The van der Waals surface area contributed by atoms with Crippen LogP contribution in [0.3, 0.4) is 0 Å². The Kier molecular flexibility index (Phi) is 4.13. The third-order valence-corrected chi connectivity index (χ3v) is 2.21. The van der Waals surface area contributed by atoms with Crippen molar-refractivity contribution in [2.24, 2.45) is 10.8 Å². The molecule has 0 radical (unpaired) electrons. The van der Waals surface area contributed by atoms with Gasteiger partial charge >= 0.3 is 5.97 Å². The third-order valence-electron chi connectivity index (χ3n) is 2.21. The van der Waals surface area contributed by atoms with Crippen molar-refractivity contribution in [3.05, 3.63) is 0 Å². The number of carbonyl (C=O) groups is 1. The molecule has 0 aliphatic carbocycles. The minimum atomic E-state index is -0.828. The van der Waals surface area contributed by atoms with E-state index in [4.69, 9.17) is 4.74 Å². The Hall–Kier alpha value is -0.570. The number of aliphatic hydroxyl groups excluding tert-OH is 1. The Morgan fingerprint density at radius 3 is 2.00 bits per heavy atom. The highest BCUT2D eigenvalue weighted by molar-refractivity contribution is 5.76. The Morgan fingerprint density at radius 1 is 1.29 bits per heavy atom. The molecule has 1 unspecified atom stereocenters. The predicted molar refractivity (Wildman–Crippen MR) is 55.9 cm³/mol. The maximum Gasteiger partial charge on any atom is 0.314 e. The number of aliphatic hydroxyl groups is 1. The maximum absolute atomic E-state index is 11.6. The molecule has 0 aliphatic rings. The van der Waals surface area contributed by atoms with Gasteiger partial charge < -0.3 is 9.84 Å². The van der Waals surface area contributed by atoms with Gasteiger partial charge in [-0.15, -0.1) is 0 Å². The van der Waals surface area contributed by atoms with Crippen molar-refractivity contribution < 1.29 is 14.6 Å². The van der Waals surface area contributed by atoms with Gasteiger partial charge in [-0.3, -0.25) is 4.79 Å². The van der Waals surface area contributed by atoms with Crippen LogP contribution >= 0.6 is 0 Å². The van der Waals surface area contributed by atoms with Crippen LogP contribution in [0.4, 0.5) is 0 Å². The van der Waals surface area contributed by atoms with Crippen LogP contribution in [0.5, 0.6) is 0 Å². The molecule has 0 rings (SSSR count). The summed E-state index contributed by atoms with van der Waals surface area (Å²) in [5.74, 6) is -0.345. The van der Waals surface area contributed by atoms with E-state index in [0.717, 1.165) is 0 Å². The summed E-state index contributed by atoms with van der Waals surface area (Å²) in [5, 5.41) is 9.38. The first-order chi connectivity index (χ1) is 6.07. The summed E-state index contributed by atoms with van der Waals surface area (Å²) < 4.78 is 5.13. The highest BCUT2D eigenvalue weighted by Crippen LogP contribution is 2.24. The van der Waals surface area contributed by atoms with Crippen molar-refractivity contribution in [3.63, 3.8) is 0 Å². The smallest absolute Gasteiger partial charge is 0.314 e. The molecule has 0 aromatic rings. The van der Waals surface area contributed by atoms with Crippen LogP contribution in [0.15, 0.2) is 0 Å². The summed E-state index contributed by atoms with van der Waals surface area (Å²) in [6.45, 7) is 11.3. The number of ether oxygens (including phenoxy) is 1. The van der Waals surface area contributed by atoms with Gasteiger partial charge in [0.25, 0.3) is 0 Å². The Bertz CT molecular complexity index is 199. The first kappa shape index (κ1) is 13.4. The van der Waals surface area contributed by atoms with E-state index in [1.807, 2.05) is 20.8 Å². The van der Waals surface area contributed by atoms with E-state index in [0.29, 0.717) is 6.61 Å². The van der Waals surface area contributed by atoms with E-state index in [9.17, 15) is 9.90 Å². The molecule has 14 heavy (non-hydrogen) atoms. The second-order valence-corrected chi connectivity index (χ2v) is 5.53. The molecule has 0 aliphatic heterocycles. The molecule has 0 fully saturated rings. The Balaban J connectivity index is 4.23. The third kappa shape index (κ3) is 4.09. The number of esters is 1. The van der Waals surface area contributed by atoms with Gasteiger partial charge in [0.2, 0.25) is 0 Å². The molecule has 84 valence electrons. The normalized spacial score (nSPS) is 15.1. The van der Waals surface area contributed by atoms with Crippen LogP contribution in [0.25, 0.3) is 0 Å². The summed E-state index contributed by atoms with van der Waals surface area (Å²) in [7, 11) is 0. The van der Waals surface area contributed by atoms with Crippen molar-refractivity contribution in [3.8, 4) is 0 Å². The van der Waals surface area contributed by atoms with Gasteiger partial charge in [-0.1, -0.05) is 20.8 Å². The van der Waals surface area contributed by atoms with Crippen LogP contribution in [-0.4, -0.2) is 23.8 Å². The molecular formula is C11H22O3. The lowest BCUT2D eigenvalue weighted by molar-refractivity contribution is -0.162. The molecule has 1 N–H and O–H groups in total. The molecule has 1 atom stereocenters. The van der Waals surface area contributed by atoms with Gasteiger partial charge in [0.05, 0.1) is 18.1 Å². The Labute approximate surface area is 86.5 Å². The highest BCUT2D eigenvalue weighted by Gasteiger charge is 2.35. The molecule has 0 amide bonds. The van der Waals surface area contributed by atoms with E-state index >= 15 is 0 Å². The number of carbonyl (C=O) groups excluding carboxylic acids is 1. The zero-order chi connectivity index (χ0) is 11.6. The molecule has 0 aromatic heterocycles. The lowest BCUT2D eigenvalue weighted by atomic mass is 9.87. The van der Waals surface area contributed by atoms with E-state index in [1.165, 1.54) is 0 Å². The highest BCUT2D eigenvalue weighted by atomic mass is 16.5. The second kappa shape index (κ2) is 4.30. The van der Waals surface area contributed by atoms with Gasteiger partial charge in [0, 0.05) is 0 Å². The molecule has 3 heteroatoms. The topological polar surface area (TPSA) is 46.5 Å². The second-order valence-electron chi connectivity index (χ2n) is 5.53. The fourth-order valence-electron chi connectivity index (χ4n) is 0.639. The van der Waals surface area contributed by atoms with E-state index < -0.39 is 11.5 Å². The molecule has 3 nitrogen and oxygen atoms in total. The predicted octanol–water partition coefficient (Wildman–Crippen LogP) is 1.98. The van der Waals surface area contributed by atoms with Crippen LogP contribution < -0.4 is 0 Å². The quantitative estimate of drug-likeness (QED) is 0.712. The average Bonchev–Trinajstić information content (AvgIpc) is 1.98. The summed E-state index contributed by atoms with van der Waals surface area (Å²) in [5.41, 5.74) is -0.865. The van der Waals surface area contributed by atoms with Crippen molar-refractivity contribution in [1.82, 2.24) is 0 Å². The zero-order valence-corrected chi connectivity index (χ0v) is 10.0. The van der Waals surface area contributed by atoms with Crippen molar-refractivity contribution >= 4 is 5.97 Å². The van der Waals surface area contributed by atoms with Crippen molar-refractivity contribution in [2.45, 2.75) is 47.6 Å². The van der Waals surface area contributed by atoms with Gasteiger partial charge in [0.15, 0.2) is 0 Å². The lowest BCUT2D eigenvalue weighted by Crippen LogP contribution is -2.38. The largest absolute Gasteiger partial charge is 0.465 e. The monoisotopic (exact) mass is 202 g/mol. The fourth-order valence-corrected chi connectivity index (χ4v) is 0.639. The molecule has 0 heterocycles. The minimum absolute atomic E-state index is 0.0373. The van der Waals surface area contributed by atoms with Crippen LogP contribution in [0.1, 0.15) is 41.5 Å². The summed E-state index contributed by atoms with van der Waals surface area (Å²) >= 11 is 0. The summed E-state index contributed by atoms with van der Waals surface area (Å²) in [6.07, 6.45) is -0.699. The number of rotatable bonds is 3. The van der Waals surface area contributed by atoms with Gasteiger partial charge in [-0.25, -0.2) is 0 Å². The SMILES string of the molecule is CC(O)C(C)(C)C(=O)OCC(C)(C)C. The molecule has 0 aromatic carbocycles. The maximum atomic E-state index is 11.6. The molecule has 0 spiro atoms. The van der Waals surface area contributed by atoms with Gasteiger partial charge in [-0.05, 0) is 26.2 Å². The fraction of sp³-hybridized carbons (Fsp3) is 0.909. The first-order valence-corrected chi connectivity index (χ1v) is 4.92. The molecule has 0 saturated carbocycles.